The summed E-state index contributed by atoms with van der Waals surface area (Å²) >= 11 is 2.10. The first-order chi connectivity index (χ1) is 16.9. The molecule has 0 radical (unpaired) electrons. The van der Waals surface area contributed by atoms with Crippen molar-refractivity contribution in [3.8, 4) is 0 Å². The number of hydrogen-bond donors (Lipinski definition) is 0. The van der Waals surface area contributed by atoms with Gasteiger partial charge in [0, 0.05) is 0 Å². The molecule has 1 saturated heterocycles. The SMILES string of the molecule is C[C@@H]1O[C@@H](OC(=O)c2ccccc2)[C@@H](OC(=O)c2ccccc2)[C@@H](OC(=O)c2ccccc2)[C@H]1I. The average Bonchev–Trinajstić information content (AvgIpc) is 2.90. The van der Waals surface area contributed by atoms with Gasteiger partial charge in [-0.3, -0.25) is 0 Å². The molecule has 0 aromatic heterocycles. The van der Waals surface area contributed by atoms with Crippen LogP contribution in [0.1, 0.15) is 38.0 Å². The van der Waals surface area contributed by atoms with E-state index < -0.39 is 42.5 Å². The van der Waals surface area contributed by atoms with Crippen molar-refractivity contribution < 1.29 is 33.3 Å². The van der Waals surface area contributed by atoms with Crippen LogP contribution >= 0.6 is 22.6 Å². The molecule has 8 heteroatoms. The number of halogens is 1. The van der Waals surface area contributed by atoms with Gasteiger partial charge in [0.1, 0.15) is 0 Å². The van der Waals surface area contributed by atoms with Crippen LogP contribution in [0.3, 0.4) is 0 Å². The van der Waals surface area contributed by atoms with Crippen LogP contribution in [-0.4, -0.2) is 46.4 Å². The predicted octanol–water partition coefficient (Wildman–Crippen LogP) is 4.84. The molecule has 0 amide bonds. The predicted molar refractivity (Wildman–Crippen MR) is 135 cm³/mol. The monoisotopic (exact) mass is 586 g/mol. The van der Waals surface area contributed by atoms with E-state index >= 15 is 0 Å². The molecule has 0 N–H and O–H groups in total. The molecule has 1 aliphatic heterocycles. The molecule has 1 fully saturated rings. The quantitative estimate of drug-likeness (QED) is 0.177. The Hall–Kier alpha value is -3.24. The van der Waals surface area contributed by atoms with Crippen molar-refractivity contribution in [1.29, 1.82) is 0 Å². The number of alkyl halides is 1. The fraction of sp³-hybridized carbons (Fsp3) is 0.222. The molecule has 0 spiro atoms. The zero-order valence-corrected chi connectivity index (χ0v) is 20.9. The van der Waals surface area contributed by atoms with E-state index in [9.17, 15) is 14.4 Å². The van der Waals surface area contributed by atoms with Crippen LogP contribution in [0.5, 0.6) is 0 Å². The minimum atomic E-state index is -1.29. The summed E-state index contributed by atoms with van der Waals surface area (Å²) in [5.41, 5.74) is 0.963. The van der Waals surface area contributed by atoms with Crippen LogP contribution in [-0.2, 0) is 18.9 Å². The number of ether oxygens (including phenoxy) is 4. The summed E-state index contributed by atoms with van der Waals surface area (Å²) in [4.78, 5) is 38.6. The normalized spacial score (nSPS) is 23.7. The summed E-state index contributed by atoms with van der Waals surface area (Å²) in [6.07, 6.45) is -3.89. The molecule has 180 valence electrons. The lowest BCUT2D eigenvalue weighted by Gasteiger charge is -2.42. The van der Waals surface area contributed by atoms with Crippen LogP contribution in [0.15, 0.2) is 91.0 Å². The maximum atomic E-state index is 12.9. The lowest BCUT2D eigenvalue weighted by atomic mass is 10.0. The van der Waals surface area contributed by atoms with Gasteiger partial charge in [0.15, 0.2) is 6.10 Å². The molecule has 0 saturated carbocycles. The Morgan fingerprint density at radius 2 is 1.00 bits per heavy atom. The Morgan fingerprint density at radius 3 is 1.43 bits per heavy atom. The number of benzene rings is 3. The van der Waals surface area contributed by atoms with E-state index in [2.05, 4.69) is 22.6 Å². The Kier molecular flexibility index (Phi) is 8.14. The van der Waals surface area contributed by atoms with Crippen LogP contribution in [0, 0.1) is 0 Å². The van der Waals surface area contributed by atoms with Crippen molar-refractivity contribution in [2.24, 2.45) is 0 Å². The zero-order valence-electron chi connectivity index (χ0n) is 18.8. The molecule has 4 rings (SSSR count). The second-order valence-corrected chi connectivity index (χ2v) is 9.34. The lowest BCUT2D eigenvalue weighted by Crippen LogP contribution is -2.58. The molecule has 1 aliphatic rings. The number of rotatable bonds is 6. The first kappa shape index (κ1) is 24.9. The van der Waals surface area contributed by atoms with Gasteiger partial charge in [-0.25, -0.2) is 14.4 Å². The zero-order chi connectivity index (χ0) is 24.8. The van der Waals surface area contributed by atoms with Gasteiger partial charge < -0.3 is 18.9 Å². The summed E-state index contributed by atoms with van der Waals surface area (Å²) in [6.45, 7) is 1.78. The number of hydrogen-bond acceptors (Lipinski definition) is 7. The molecule has 35 heavy (non-hydrogen) atoms. The van der Waals surface area contributed by atoms with Gasteiger partial charge in [-0.2, -0.15) is 0 Å². The maximum Gasteiger partial charge on any atom is 0.340 e. The fourth-order valence-electron chi connectivity index (χ4n) is 3.60. The molecular weight excluding hydrogens is 563 g/mol. The van der Waals surface area contributed by atoms with Gasteiger partial charge in [0.2, 0.25) is 12.4 Å². The molecule has 0 bridgehead atoms. The third-order valence-corrected chi connectivity index (χ3v) is 7.16. The first-order valence-corrected chi connectivity index (χ1v) is 12.3. The Balaban J connectivity index is 1.63. The number of carbonyl (C=O) groups is 3. The van der Waals surface area contributed by atoms with Crippen LogP contribution in [0.2, 0.25) is 0 Å². The van der Waals surface area contributed by atoms with E-state index in [1.54, 1.807) is 97.9 Å². The van der Waals surface area contributed by atoms with Gasteiger partial charge in [0.25, 0.3) is 0 Å². The van der Waals surface area contributed by atoms with Gasteiger partial charge in [-0.05, 0) is 43.3 Å². The minimum absolute atomic E-state index is 0.303. The highest BCUT2D eigenvalue weighted by atomic mass is 127. The second-order valence-electron chi connectivity index (χ2n) is 7.90. The van der Waals surface area contributed by atoms with E-state index in [0.717, 1.165) is 0 Å². The van der Waals surface area contributed by atoms with Crippen LogP contribution in [0.25, 0.3) is 0 Å². The average molecular weight is 586 g/mol. The standard InChI is InChI=1S/C27H23IO7/c1-17-21(28)22(33-24(29)18-11-5-2-6-12-18)23(34-25(30)19-13-7-3-8-14-19)27(32-17)35-26(31)20-15-9-4-10-16-20/h2-17,21-23,27H,1H3/t17-,21-,22-,23-,27-/m0/s1. The summed E-state index contributed by atoms with van der Waals surface area (Å²) in [5.74, 6) is -1.89. The molecule has 0 unspecified atom stereocenters. The molecule has 7 nitrogen and oxygen atoms in total. The van der Waals surface area contributed by atoms with Crippen molar-refractivity contribution in [2.75, 3.05) is 0 Å². The van der Waals surface area contributed by atoms with E-state index in [1.807, 2.05) is 0 Å². The molecule has 1 heterocycles. The van der Waals surface area contributed by atoms with E-state index in [4.69, 9.17) is 18.9 Å². The molecule has 0 aliphatic carbocycles. The summed E-state index contributed by atoms with van der Waals surface area (Å²) in [7, 11) is 0. The van der Waals surface area contributed by atoms with Gasteiger partial charge in [-0.15, -0.1) is 0 Å². The van der Waals surface area contributed by atoms with Crippen molar-refractivity contribution in [1.82, 2.24) is 0 Å². The van der Waals surface area contributed by atoms with E-state index in [-0.39, 0.29) is 3.92 Å². The number of esters is 3. The van der Waals surface area contributed by atoms with E-state index in [0.29, 0.717) is 16.7 Å². The first-order valence-electron chi connectivity index (χ1n) is 11.0. The third-order valence-electron chi connectivity index (χ3n) is 5.44. The summed E-state index contributed by atoms with van der Waals surface area (Å²) in [5, 5.41) is 0. The summed E-state index contributed by atoms with van der Waals surface area (Å²) in [6, 6.07) is 25.3. The van der Waals surface area contributed by atoms with E-state index in [1.165, 1.54) is 0 Å². The molecule has 5 atom stereocenters. The molecular formula is C27H23IO7. The van der Waals surface area contributed by atoms with Crippen molar-refractivity contribution in [3.05, 3.63) is 108 Å². The van der Waals surface area contributed by atoms with Crippen molar-refractivity contribution >= 4 is 40.5 Å². The van der Waals surface area contributed by atoms with Crippen LogP contribution < -0.4 is 0 Å². The molecule has 3 aromatic carbocycles. The second kappa shape index (κ2) is 11.5. The summed E-state index contributed by atoms with van der Waals surface area (Å²) < 4.78 is 22.8. The Labute approximate surface area is 216 Å². The van der Waals surface area contributed by atoms with Gasteiger partial charge >= 0.3 is 17.9 Å². The maximum absolute atomic E-state index is 12.9. The van der Waals surface area contributed by atoms with Gasteiger partial charge in [0.05, 0.1) is 26.7 Å². The number of carbonyl (C=O) groups excluding carboxylic acids is 3. The lowest BCUT2D eigenvalue weighted by molar-refractivity contribution is -0.236. The smallest absolute Gasteiger partial charge is 0.340 e. The third kappa shape index (κ3) is 6.07. The highest BCUT2D eigenvalue weighted by molar-refractivity contribution is 14.1. The molecule has 3 aromatic rings. The van der Waals surface area contributed by atoms with Crippen molar-refractivity contribution in [3.63, 3.8) is 0 Å². The minimum Gasteiger partial charge on any atom is -0.453 e. The van der Waals surface area contributed by atoms with Crippen molar-refractivity contribution in [2.45, 2.75) is 35.5 Å². The Morgan fingerprint density at radius 1 is 0.629 bits per heavy atom. The Bertz CT molecular complexity index is 1150. The van der Waals surface area contributed by atoms with Gasteiger partial charge in [-0.1, -0.05) is 77.2 Å². The largest absolute Gasteiger partial charge is 0.453 e. The fourth-order valence-corrected chi connectivity index (χ4v) is 4.32. The topological polar surface area (TPSA) is 88.1 Å². The van der Waals surface area contributed by atoms with Crippen LogP contribution in [0.4, 0.5) is 0 Å². The highest BCUT2D eigenvalue weighted by Crippen LogP contribution is 2.33. The highest BCUT2D eigenvalue weighted by Gasteiger charge is 2.50.